The van der Waals surface area contributed by atoms with Gasteiger partial charge in [-0.1, -0.05) is 12.1 Å². The molecule has 0 spiro atoms. The predicted octanol–water partition coefficient (Wildman–Crippen LogP) is 2.61. The number of hydrogen-bond acceptors (Lipinski definition) is 3. The van der Waals surface area contributed by atoms with E-state index in [1.807, 2.05) is 31.5 Å². The van der Waals surface area contributed by atoms with Gasteiger partial charge in [0.25, 0.3) is 5.91 Å². The van der Waals surface area contributed by atoms with Crippen molar-refractivity contribution in [2.24, 2.45) is 0 Å². The molecule has 0 radical (unpaired) electrons. The van der Waals surface area contributed by atoms with E-state index in [9.17, 15) is 4.79 Å². The highest BCUT2D eigenvalue weighted by Gasteiger charge is 2.12. The summed E-state index contributed by atoms with van der Waals surface area (Å²) in [5.74, 6) is 0.297. The Bertz CT molecular complexity index is 601. The summed E-state index contributed by atoms with van der Waals surface area (Å²) in [7, 11) is 0. The number of hydrogen-bond donors (Lipinski definition) is 2. The van der Waals surface area contributed by atoms with E-state index < -0.39 is 0 Å². The molecule has 2 rings (SSSR count). The molecule has 1 aromatic carbocycles. The molecule has 5 nitrogen and oxygen atoms in total. The Hall–Kier alpha value is -2.30. The molecule has 0 aliphatic carbocycles. The third-order valence-electron chi connectivity index (χ3n) is 2.86. The van der Waals surface area contributed by atoms with E-state index in [0.717, 1.165) is 5.69 Å². The van der Waals surface area contributed by atoms with E-state index in [1.54, 1.807) is 24.3 Å². The van der Waals surface area contributed by atoms with Crippen molar-refractivity contribution in [1.82, 2.24) is 9.78 Å². The van der Waals surface area contributed by atoms with Gasteiger partial charge in [-0.05, 0) is 32.9 Å². The molecule has 100 valence electrons. The third kappa shape index (κ3) is 2.76. The topological polar surface area (TPSA) is 72.9 Å². The number of nitrogen functional groups attached to an aromatic ring is 1. The minimum Gasteiger partial charge on any atom is -0.398 e. The number of para-hydroxylation sites is 1. The second kappa shape index (κ2) is 5.14. The summed E-state index contributed by atoms with van der Waals surface area (Å²) in [6.07, 6.45) is 0. The average molecular weight is 258 g/mol. The molecule has 0 bridgehead atoms. The predicted molar refractivity (Wildman–Crippen MR) is 76.2 cm³/mol. The Balaban J connectivity index is 2.20. The quantitative estimate of drug-likeness (QED) is 0.831. The van der Waals surface area contributed by atoms with Crippen molar-refractivity contribution in [3.8, 4) is 0 Å². The molecule has 19 heavy (non-hydrogen) atoms. The van der Waals surface area contributed by atoms with Crippen LogP contribution in [0, 0.1) is 6.92 Å². The van der Waals surface area contributed by atoms with E-state index in [0.29, 0.717) is 17.1 Å². The third-order valence-corrected chi connectivity index (χ3v) is 2.86. The highest BCUT2D eigenvalue weighted by atomic mass is 16.1. The Morgan fingerprint density at radius 1 is 1.37 bits per heavy atom. The lowest BCUT2D eigenvalue weighted by Gasteiger charge is -2.07. The fourth-order valence-corrected chi connectivity index (χ4v) is 1.96. The maximum absolute atomic E-state index is 12.1. The van der Waals surface area contributed by atoms with Crippen LogP contribution in [0.2, 0.25) is 0 Å². The molecule has 0 unspecified atom stereocenters. The molecule has 0 atom stereocenters. The zero-order valence-corrected chi connectivity index (χ0v) is 11.3. The largest absolute Gasteiger partial charge is 0.398 e. The molecular weight excluding hydrogens is 240 g/mol. The number of nitrogens with one attached hydrogen (secondary N) is 1. The Morgan fingerprint density at radius 2 is 2.05 bits per heavy atom. The van der Waals surface area contributed by atoms with Crippen LogP contribution in [-0.2, 0) is 0 Å². The lowest BCUT2D eigenvalue weighted by atomic mass is 10.1. The molecule has 2 aromatic rings. The first-order chi connectivity index (χ1) is 8.99. The lowest BCUT2D eigenvalue weighted by molar-refractivity contribution is 0.102. The van der Waals surface area contributed by atoms with Crippen molar-refractivity contribution < 1.29 is 4.79 Å². The van der Waals surface area contributed by atoms with Gasteiger partial charge in [-0.2, -0.15) is 5.10 Å². The Kier molecular flexibility index (Phi) is 3.55. The smallest absolute Gasteiger partial charge is 0.258 e. The first-order valence-electron chi connectivity index (χ1n) is 6.21. The summed E-state index contributed by atoms with van der Waals surface area (Å²) in [5.41, 5.74) is 7.69. The van der Waals surface area contributed by atoms with Gasteiger partial charge < -0.3 is 11.1 Å². The van der Waals surface area contributed by atoms with Gasteiger partial charge in [-0.15, -0.1) is 0 Å². The van der Waals surface area contributed by atoms with E-state index in [4.69, 9.17) is 5.73 Å². The van der Waals surface area contributed by atoms with Crippen LogP contribution >= 0.6 is 0 Å². The summed E-state index contributed by atoms with van der Waals surface area (Å²) in [6, 6.07) is 9.07. The number of carbonyl (C=O) groups excluding carboxylic acids is 1. The molecular formula is C14H18N4O. The highest BCUT2D eigenvalue weighted by Crippen LogP contribution is 2.16. The second-order valence-electron chi connectivity index (χ2n) is 4.75. The summed E-state index contributed by atoms with van der Waals surface area (Å²) in [5, 5.41) is 7.11. The molecule has 3 N–H and O–H groups in total. The van der Waals surface area contributed by atoms with Crippen LogP contribution < -0.4 is 11.1 Å². The summed E-state index contributed by atoms with van der Waals surface area (Å²) in [4.78, 5) is 12.1. The maximum Gasteiger partial charge on any atom is 0.258 e. The zero-order chi connectivity index (χ0) is 14.0. The van der Waals surface area contributed by atoms with Gasteiger partial charge >= 0.3 is 0 Å². The molecule has 0 aliphatic heterocycles. The monoisotopic (exact) mass is 258 g/mol. The van der Waals surface area contributed by atoms with E-state index in [-0.39, 0.29) is 11.9 Å². The number of amides is 1. The number of nitrogens with zero attached hydrogens (tertiary/aromatic N) is 2. The minimum absolute atomic E-state index is 0.244. The minimum atomic E-state index is -0.244. The van der Waals surface area contributed by atoms with Gasteiger partial charge in [0.15, 0.2) is 5.82 Å². The van der Waals surface area contributed by atoms with Crippen molar-refractivity contribution in [3.63, 3.8) is 0 Å². The van der Waals surface area contributed by atoms with Crippen LogP contribution in [0.5, 0.6) is 0 Å². The van der Waals surface area contributed by atoms with Gasteiger partial charge in [0, 0.05) is 23.5 Å². The van der Waals surface area contributed by atoms with Crippen LogP contribution in [-0.4, -0.2) is 15.7 Å². The van der Waals surface area contributed by atoms with Gasteiger partial charge in [-0.25, -0.2) is 0 Å². The van der Waals surface area contributed by atoms with Crippen molar-refractivity contribution in [3.05, 3.63) is 41.6 Å². The van der Waals surface area contributed by atoms with Gasteiger partial charge in [-0.3, -0.25) is 9.48 Å². The van der Waals surface area contributed by atoms with E-state index in [1.165, 1.54) is 0 Å². The summed E-state index contributed by atoms with van der Waals surface area (Å²) in [6.45, 7) is 6.04. The Morgan fingerprint density at radius 3 is 2.63 bits per heavy atom. The SMILES string of the molecule is Cc1cc(NC(=O)c2ccccc2N)nn1C(C)C. The van der Waals surface area contributed by atoms with Crippen molar-refractivity contribution in [1.29, 1.82) is 0 Å². The normalized spacial score (nSPS) is 10.7. The Labute approximate surface area is 112 Å². The number of aromatic nitrogens is 2. The highest BCUT2D eigenvalue weighted by molar-refractivity contribution is 6.07. The number of anilines is 2. The maximum atomic E-state index is 12.1. The van der Waals surface area contributed by atoms with Crippen molar-refractivity contribution in [2.75, 3.05) is 11.1 Å². The van der Waals surface area contributed by atoms with Crippen LogP contribution in [0.3, 0.4) is 0 Å². The first-order valence-corrected chi connectivity index (χ1v) is 6.21. The average Bonchev–Trinajstić information content (AvgIpc) is 2.70. The first kappa shape index (κ1) is 13.1. The van der Waals surface area contributed by atoms with Crippen molar-refractivity contribution >= 4 is 17.4 Å². The van der Waals surface area contributed by atoms with E-state index in [2.05, 4.69) is 10.4 Å². The molecule has 0 fully saturated rings. The number of nitrogens with two attached hydrogens (primary N) is 1. The molecule has 1 aromatic heterocycles. The molecule has 0 saturated heterocycles. The lowest BCUT2D eigenvalue weighted by Crippen LogP contribution is -2.14. The van der Waals surface area contributed by atoms with Crippen LogP contribution in [0.1, 0.15) is 35.9 Å². The standard InChI is InChI=1S/C14H18N4O/c1-9(2)18-10(3)8-13(17-18)16-14(19)11-6-4-5-7-12(11)15/h4-9H,15H2,1-3H3,(H,16,17,19). The summed E-state index contributed by atoms with van der Waals surface area (Å²) >= 11 is 0. The number of carbonyl (C=O) groups is 1. The molecule has 0 aliphatic rings. The van der Waals surface area contributed by atoms with Gasteiger partial charge in [0.05, 0.1) is 5.56 Å². The molecule has 1 heterocycles. The molecule has 0 saturated carbocycles. The van der Waals surface area contributed by atoms with Crippen LogP contribution in [0.15, 0.2) is 30.3 Å². The molecule has 5 heteroatoms. The number of rotatable bonds is 3. The fraction of sp³-hybridized carbons (Fsp3) is 0.286. The van der Waals surface area contributed by atoms with Crippen LogP contribution in [0.25, 0.3) is 0 Å². The van der Waals surface area contributed by atoms with E-state index >= 15 is 0 Å². The number of benzene rings is 1. The summed E-state index contributed by atoms with van der Waals surface area (Å²) < 4.78 is 1.87. The van der Waals surface area contributed by atoms with Crippen molar-refractivity contribution in [2.45, 2.75) is 26.8 Å². The number of aryl methyl sites for hydroxylation is 1. The molecule has 1 amide bonds. The van der Waals surface area contributed by atoms with Gasteiger partial charge in [0.2, 0.25) is 0 Å². The second-order valence-corrected chi connectivity index (χ2v) is 4.75. The fourth-order valence-electron chi connectivity index (χ4n) is 1.96. The van der Waals surface area contributed by atoms with Gasteiger partial charge in [0.1, 0.15) is 0 Å². The zero-order valence-electron chi connectivity index (χ0n) is 11.3. The van der Waals surface area contributed by atoms with Crippen LogP contribution in [0.4, 0.5) is 11.5 Å².